The van der Waals surface area contributed by atoms with Crippen LogP contribution in [0.25, 0.3) is 20.4 Å². The normalized spacial score (nSPS) is 12.8. The monoisotopic (exact) mass is 1000 g/mol. The lowest BCUT2D eigenvalue weighted by Gasteiger charge is -2.26. The molecule has 2 atom stereocenters. The predicted molar refractivity (Wildman–Crippen MR) is 268 cm³/mol. The first kappa shape index (κ1) is 54.5. The maximum Gasteiger partial charge on any atom is 0.348 e. The van der Waals surface area contributed by atoms with Crippen molar-refractivity contribution in [2.75, 3.05) is 13.2 Å². The number of carbonyl (C=O) groups excluding carboxylic acids is 3. The number of hydrogen-bond acceptors (Lipinski definition) is 14. The van der Waals surface area contributed by atoms with E-state index < -0.39 is 69.6 Å². The van der Waals surface area contributed by atoms with Crippen LogP contribution >= 0.6 is 22.7 Å². The summed E-state index contributed by atoms with van der Waals surface area (Å²) in [6.45, 7) is 19.9. The highest BCUT2D eigenvalue weighted by Gasteiger charge is 2.37. The number of nitrogens with two attached hydrogens (primary N) is 1. The molecule has 0 aliphatic heterocycles. The standard InChI is InChI=1S/C25H31N3O6S.C25H30N2O7S/c1-7-33-22(30)19-15(4)18-20(29)28(25(5,6)23(26)31)24(32)27(21(18)35-19)13-17(34-14(2)3)16-11-9-8-10-12-16;1-7-33-22(29)19-15(4)18-20(28)27(25(5,6)23(30)31)24(32)26(21(18)35-19)13-17(34-14(2)3)16-11-9-8-10-12-16/h8-12,14,17H,7,13H2,1-6H3,(H2,26,31);8-12,14,17H,7,13H2,1-6H3,(H,30,31)/t2*17-/m00/s1. The van der Waals surface area contributed by atoms with Gasteiger partial charge in [-0.25, -0.2) is 33.1 Å². The van der Waals surface area contributed by atoms with Crippen LogP contribution in [0.2, 0.25) is 0 Å². The van der Waals surface area contributed by atoms with Gasteiger partial charge in [-0.2, -0.15) is 0 Å². The summed E-state index contributed by atoms with van der Waals surface area (Å²) in [5.41, 5.74) is 1.58. The Kier molecular flexibility index (Phi) is 17.2. The highest BCUT2D eigenvalue weighted by molar-refractivity contribution is 7.21. The molecule has 20 heteroatoms. The van der Waals surface area contributed by atoms with E-state index in [2.05, 4.69) is 0 Å². The molecule has 0 aliphatic rings. The summed E-state index contributed by atoms with van der Waals surface area (Å²) in [4.78, 5) is 105. The van der Waals surface area contributed by atoms with E-state index in [9.17, 15) is 43.5 Å². The fourth-order valence-corrected chi connectivity index (χ4v) is 10.2. The highest BCUT2D eigenvalue weighted by atomic mass is 32.1. The topological polar surface area (TPSA) is 239 Å². The van der Waals surface area contributed by atoms with Gasteiger partial charge in [0.2, 0.25) is 5.91 Å². The van der Waals surface area contributed by atoms with E-state index in [1.807, 2.05) is 88.4 Å². The summed E-state index contributed by atoms with van der Waals surface area (Å²) < 4.78 is 26.9. The molecule has 0 spiro atoms. The molecule has 18 nitrogen and oxygen atoms in total. The number of fused-ring (bicyclic) bond motifs is 2. The van der Waals surface area contributed by atoms with Crippen LogP contribution in [0.4, 0.5) is 0 Å². The van der Waals surface area contributed by atoms with Crippen molar-refractivity contribution in [2.24, 2.45) is 5.73 Å². The number of aromatic nitrogens is 4. The van der Waals surface area contributed by atoms with Gasteiger partial charge in [0.15, 0.2) is 0 Å². The number of nitrogens with zero attached hydrogens (tertiary/aromatic N) is 4. The third-order valence-corrected chi connectivity index (χ3v) is 14.1. The second-order valence-corrected chi connectivity index (χ2v) is 19.9. The molecule has 6 aromatic rings. The molecule has 6 rings (SSSR count). The second-order valence-electron chi connectivity index (χ2n) is 17.9. The Hall–Kier alpha value is -6.48. The zero-order valence-electron chi connectivity index (χ0n) is 41.4. The molecular formula is C50H61N5O13S2. The van der Waals surface area contributed by atoms with Crippen molar-refractivity contribution in [3.05, 3.63) is 134 Å². The van der Waals surface area contributed by atoms with Crippen molar-refractivity contribution in [3.8, 4) is 0 Å². The Morgan fingerprint density at radius 3 is 1.26 bits per heavy atom. The van der Waals surface area contributed by atoms with Crippen molar-refractivity contribution in [1.29, 1.82) is 0 Å². The molecule has 376 valence electrons. The maximum atomic E-state index is 13.8. The lowest BCUT2D eigenvalue weighted by molar-refractivity contribution is -0.146. The van der Waals surface area contributed by atoms with Crippen LogP contribution < -0.4 is 28.2 Å². The van der Waals surface area contributed by atoms with Crippen molar-refractivity contribution in [2.45, 2.75) is 132 Å². The smallest absolute Gasteiger partial charge is 0.348 e. The first-order chi connectivity index (χ1) is 32.8. The van der Waals surface area contributed by atoms with Crippen LogP contribution in [0.15, 0.2) is 79.8 Å². The van der Waals surface area contributed by atoms with Gasteiger partial charge in [0, 0.05) is 0 Å². The lowest BCUT2D eigenvalue weighted by Crippen LogP contribution is -2.54. The number of esters is 2. The van der Waals surface area contributed by atoms with Crippen molar-refractivity contribution < 1.29 is 43.2 Å². The fourth-order valence-electron chi connectivity index (χ4n) is 7.77. The Bertz CT molecular complexity index is 2950. The summed E-state index contributed by atoms with van der Waals surface area (Å²) in [5, 5.41) is 10.1. The number of carbonyl (C=O) groups is 4. The molecule has 4 heterocycles. The van der Waals surface area contributed by atoms with E-state index in [0.29, 0.717) is 16.0 Å². The number of thiophene rings is 2. The first-order valence-corrected chi connectivity index (χ1v) is 24.3. The number of ether oxygens (including phenoxy) is 4. The van der Waals surface area contributed by atoms with Gasteiger partial charge in [-0.1, -0.05) is 60.7 Å². The maximum absolute atomic E-state index is 13.8. The Balaban J connectivity index is 0.000000261. The summed E-state index contributed by atoms with van der Waals surface area (Å²) >= 11 is 2.00. The van der Waals surface area contributed by atoms with Crippen LogP contribution in [0.5, 0.6) is 0 Å². The molecule has 4 aromatic heterocycles. The van der Waals surface area contributed by atoms with Crippen molar-refractivity contribution in [1.82, 2.24) is 18.3 Å². The van der Waals surface area contributed by atoms with Gasteiger partial charge < -0.3 is 29.8 Å². The molecule has 0 unspecified atom stereocenters. The van der Waals surface area contributed by atoms with Gasteiger partial charge in [0.05, 0.1) is 49.3 Å². The van der Waals surface area contributed by atoms with E-state index in [0.717, 1.165) is 42.9 Å². The molecule has 2 aromatic carbocycles. The first-order valence-electron chi connectivity index (χ1n) is 22.7. The van der Waals surface area contributed by atoms with Gasteiger partial charge in [0.25, 0.3) is 11.1 Å². The third-order valence-electron chi connectivity index (χ3n) is 11.5. The minimum Gasteiger partial charge on any atom is -0.480 e. The molecule has 0 aliphatic carbocycles. The van der Waals surface area contributed by atoms with Gasteiger partial charge in [-0.3, -0.25) is 23.5 Å². The van der Waals surface area contributed by atoms with Gasteiger partial charge in [-0.05, 0) is 105 Å². The number of carboxylic acid groups (broad SMARTS) is 1. The highest BCUT2D eigenvalue weighted by Crippen LogP contribution is 2.33. The van der Waals surface area contributed by atoms with Gasteiger partial charge in [0.1, 0.15) is 42.7 Å². The van der Waals surface area contributed by atoms with Crippen LogP contribution in [0, 0.1) is 13.8 Å². The lowest BCUT2D eigenvalue weighted by atomic mass is 10.0. The van der Waals surface area contributed by atoms with E-state index >= 15 is 0 Å². The number of amides is 1. The molecule has 0 saturated carbocycles. The van der Waals surface area contributed by atoms with Gasteiger partial charge >= 0.3 is 29.3 Å². The van der Waals surface area contributed by atoms with Crippen molar-refractivity contribution >= 4 is 66.9 Å². The summed E-state index contributed by atoms with van der Waals surface area (Å²) in [6, 6.07) is 18.7. The number of benzene rings is 2. The summed E-state index contributed by atoms with van der Waals surface area (Å²) in [6.07, 6.45) is -1.43. The van der Waals surface area contributed by atoms with Crippen LogP contribution in [0.3, 0.4) is 0 Å². The van der Waals surface area contributed by atoms with Crippen molar-refractivity contribution in [3.63, 3.8) is 0 Å². The van der Waals surface area contributed by atoms with E-state index in [1.165, 1.54) is 36.8 Å². The minimum absolute atomic E-state index is 0.00965. The zero-order chi connectivity index (χ0) is 52.2. The Morgan fingerprint density at radius 1 is 0.614 bits per heavy atom. The molecule has 0 saturated heterocycles. The van der Waals surface area contributed by atoms with Crippen LogP contribution in [-0.2, 0) is 52.7 Å². The SMILES string of the molecule is CCOC(=O)c1sc2c(c1C)c(=O)n(C(C)(C)C(=O)O)c(=O)n2C[C@H](OC(C)C)c1ccccc1.CCOC(=O)c1sc2c(c1C)c(=O)n(C(C)(C)C(N)=O)c(=O)n2C[C@H](OC(C)C)c1ccccc1. The zero-order valence-corrected chi connectivity index (χ0v) is 43.1. The number of aliphatic carboxylic acids is 1. The number of hydrogen-bond donors (Lipinski definition) is 2. The van der Waals surface area contributed by atoms with Crippen LogP contribution in [-0.4, -0.2) is 72.6 Å². The number of primary amides is 1. The fraction of sp³-hybridized carbons (Fsp3) is 0.440. The molecule has 70 heavy (non-hydrogen) atoms. The largest absolute Gasteiger partial charge is 0.480 e. The molecule has 0 fully saturated rings. The molecule has 3 N–H and O–H groups in total. The number of aryl methyl sites for hydroxylation is 2. The number of carboxylic acids is 1. The average Bonchev–Trinajstić information content (AvgIpc) is 3.83. The van der Waals surface area contributed by atoms with Gasteiger partial charge in [-0.15, -0.1) is 22.7 Å². The summed E-state index contributed by atoms with van der Waals surface area (Å²) in [5.74, 6) is -3.35. The predicted octanol–water partition coefficient (Wildman–Crippen LogP) is 6.79. The Labute approximate surface area is 411 Å². The Morgan fingerprint density at radius 2 is 0.957 bits per heavy atom. The third kappa shape index (κ3) is 10.9. The average molecular weight is 1000 g/mol. The van der Waals surface area contributed by atoms with E-state index in [4.69, 9.17) is 24.7 Å². The minimum atomic E-state index is -1.83. The summed E-state index contributed by atoms with van der Waals surface area (Å²) in [7, 11) is 0. The number of rotatable bonds is 18. The van der Waals surface area contributed by atoms with Crippen LogP contribution in [0.1, 0.15) is 123 Å². The molecule has 1 amide bonds. The second kappa shape index (κ2) is 22.1. The molecule has 0 bridgehead atoms. The van der Waals surface area contributed by atoms with E-state index in [1.54, 1.807) is 27.7 Å². The molecule has 0 radical (unpaired) electrons. The quantitative estimate of drug-likeness (QED) is 0.0844. The van der Waals surface area contributed by atoms with E-state index in [-0.39, 0.29) is 63.9 Å². The molecular weight excluding hydrogens is 943 g/mol.